The Hall–Kier alpha value is -2.62. The van der Waals surface area contributed by atoms with E-state index in [4.69, 9.17) is 0 Å². The highest BCUT2D eigenvalue weighted by atomic mass is 16.2. The van der Waals surface area contributed by atoms with Gasteiger partial charge in [0.25, 0.3) is 5.91 Å². The van der Waals surface area contributed by atoms with E-state index in [1.54, 1.807) is 0 Å². The summed E-state index contributed by atoms with van der Waals surface area (Å²) < 4.78 is 0. The van der Waals surface area contributed by atoms with Crippen LogP contribution in [0.5, 0.6) is 0 Å². The Morgan fingerprint density at radius 1 is 1.00 bits per heavy atom. The fraction of sp³-hybridized carbons (Fsp3) is 0.391. The van der Waals surface area contributed by atoms with Gasteiger partial charge >= 0.3 is 0 Å². The van der Waals surface area contributed by atoms with Gasteiger partial charge in [0, 0.05) is 24.2 Å². The lowest BCUT2D eigenvalue weighted by atomic mass is 10.0. The van der Waals surface area contributed by atoms with Crippen molar-refractivity contribution < 1.29 is 9.59 Å². The minimum Gasteiger partial charge on any atom is -0.349 e. The van der Waals surface area contributed by atoms with E-state index in [9.17, 15) is 9.59 Å². The molecule has 0 aliphatic heterocycles. The standard InChI is InChI=1S/C23H26N2O2/c1-16-4-2-3-5-19(16)14-22(26)25(21-12-13-21)15-17-6-8-18(9-7-17)23(27)24-20-10-11-20/h2-9,20-21H,10-15H2,1H3,(H,24,27). The molecule has 27 heavy (non-hydrogen) atoms. The van der Waals surface area contributed by atoms with E-state index in [1.807, 2.05) is 47.4 Å². The average molecular weight is 362 g/mol. The molecule has 2 aromatic carbocycles. The maximum atomic E-state index is 12.9. The first-order valence-electron chi connectivity index (χ1n) is 9.84. The molecule has 4 rings (SSSR count). The lowest BCUT2D eigenvalue weighted by Crippen LogP contribution is -2.34. The number of carbonyl (C=O) groups excluding carboxylic acids is 2. The first-order chi connectivity index (χ1) is 13.1. The molecule has 2 fully saturated rings. The predicted molar refractivity (Wildman–Crippen MR) is 105 cm³/mol. The number of nitrogens with one attached hydrogen (secondary N) is 1. The SMILES string of the molecule is Cc1ccccc1CC(=O)N(Cc1ccc(C(=O)NC2CC2)cc1)C1CC1. The number of nitrogens with zero attached hydrogens (tertiary/aromatic N) is 1. The molecule has 1 N–H and O–H groups in total. The summed E-state index contributed by atoms with van der Waals surface area (Å²) in [5.74, 6) is 0.182. The van der Waals surface area contributed by atoms with Gasteiger partial charge in [-0.05, 0) is 61.4 Å². The lowest BCUT2D eigenvalue weighted by Gasteiger charge is -2.23. The summed E-state index contributed by atoms with van der Waals surface area (Å²) in [6.45, 7) is 2.66. The molecular formula is C23H26N2O2. The van der Waals surface area contributed by atoms with Crippen LogP contribution < -0.4 is 5.32 Å². The molecule has 0 atom stereocenters. The average Bonchev–Trinajstić information content (AvgIpc) is 3.57. The van der Waals surface area contributed by atoms with Crippen molar-refractivity contribution in [3.8, 4) is 0 Å². The fourth-order valence-electron chi connectivity index (χ4n) is 3.33. The molecule has 0 unspecified atom stereocenters. The summed E-state index contributed by atoms with van der Waals surface area (Å²) in [5.41, 5.74) is 4.02. The molecule has 4 nitrogen and oxygen atoms in total. The number of carbonyl (C=O) groups is 2. The summed E-state index contributed by atoms with van der Waals surface area (Å²) in [5, 5.41) is 3.01. The molecule has 2 aliphatic rings. The Bertz CT molecular complexity index is 836. The molecule has 0 aromatic heterocycles. The smallest absolute Gasteiger partial charge is 0.251 e. The minimum absolute atomic E-state index is 0.00118. The van der Waals surface area contributed by atoms with Crippen LogP contribution in [0.4, 0.5) is 0 Å². The lowest BCUT2D eigenvalue weighted by molar-refractivity contribution is -0.131. The van der Waals surface area contributed by atoms with Crippen LogP contribution >= 0.6 is 0 Å². The summed E-state index contributed by atoms with van der Waals surface area (Å²) in [6.07, 6.45) is 4.79. The number of hydrogen-bond donors (Lipinski definition) is 1. The van der Waals surface area contributed by atoms with Crippen molar-refractivity contribution in [1.82, 2.24) is 10.2 Å². The van der Waals surface area contributed by atoms with Crippen molar-refractivity contribution in [1.29, 1.82) is 0 Å². The number of amides is 2. The van der Waals surface area contributed by atoms with Gasteiger partial charge < -0.3 is 10.2 Å². The monoisotopic (exact) mass is 362 g/mol. The van der Waals surface area contributed by atoms with Crippen LogP contribution in [-0.2, 0) is 17.8 Å². The van der Waals surface area contributed by atoms with Gasteiger partial charge in [-0.25, -0.2) is 0 Å². The van der Waals surface area contributed by atoms with Gasteiger partial charge in [0.1, 0.15) is 0 Å². The molecular weight excluding hydrogens is 336 g/mol. The molecule has 140 valence electrons. The zero-order chi connectivity index (χ0) is 18.8. The van der Waals surface area contributed by atoms with Gasteiger partial charge in [-0.2, -0.15) is 0 Å². The van der Waals surface area contributed by atoms with Crippen LogP contribution in [0.3, 0.4) is 0 Å². The predicted octanol–water partition coefficient (Wildman–Crippen LogP) is 3.62. The van der Waals surface area contributed by atoms with E-state index in [1.165, 1.54) is 0 Å². The number of rotatable bonds is 7. The third kappa shape index (κ3) is 4.57. The second kappa shape index (κ2) is 7.55. The van der Waals surface area contributed by atoms with Gasteiger partial charge in [-0.1, -0.05) is 36.4 Å². The number of benzene rings is 2. The molecule has 0 radical (unpaired) electrons. The van der Waals surface area contributed by atoms with E-state index >= 15 is 0 Å². The zero-order valence-corrected chi connectivity index (χ0v) is 15.8. The summed E-state index contributed by atoms with van der Waals surface area (Å²) in [4.78, 5) is 27.0. The van der Waals surface area contributed by atoms with E-state index in [0.29, 0.717) is 30.6 Å². The first kappa shape index (κ1) is 17.8. The van der Waals surface area contributed by atoms with Crippen LogP contribution in [0.1, 0.15) is 52.7 Å². The third-order valence-corrected chi connectivity index (χ3v) is 5.39. The number of aryl methyl sites for hydroxylation is 1. The van der Waals surface area contributed by atoms with Crippen molar-refractivity contribution in [2.75, 3.05) is 0 Å². The molecule has 0 heterocycles. The van der Waals surface area contributed by atoms with Crippen LogP contribution in [-0.4, -0.2) is 28.8 Å². The zero-order valence-electron chi connectivity index (χ0n) is 15.8. The van der Waals surface area contributed by atoms with Gasteiger partial charge in [0.15, 0.2) is 0 Å². The van der Waals surface area contributed by atoms with Crippen LogP contribution in [0.2, 0.25) is 0 Å². The Morgan fingerprint density at radius 3 is 2.33 bits per heavy atom. The molecule has 2 amide bonds. The maximum absolute atomic E-state index is 12.9. The topological polar surface area (TPSA) is 49.4 Å². The molecule has 2 aliphatic carbocycles. The minimum atomic E-state index is -0.00118. The van der Waals surface area contributed by atoms with Gasteiger partial charge in [0.05, 0.1) is 6.42 Å². The second-order valence-corrected chi connectivity index (χ2v) is 7.80. The second-order valence-electron chi connectivity index (χ2n) is 7.80. The first-order valence-corrected chi connectivity index (χ1v) is 9.84. The van der Waals surface area contributed by atoms with Crippen molar-refractivity contribution in [2.45, 2.75) is 57.7 Å². The van der Waals surface area contributed by atoms with E-state index in [2.05, 4.69) is 18.3 Å². The van der Waals surface area contributed by atoms with Gasteiger partial charge in [0.2, 0.25) is 5.91 Å². The van der Waals surface area contributed by atoms with Crippen LogP contribution in [0.25, 0.3) is 0 Å². The van der Waals surface area contributed by atoms with Crippen molar-refractivity contribution in [3.63, 3.8) is 0 Å². The Morgan fingerprint density at radius 2 is 1.70 bits per heavy atom. The highest BCUT2D eigenvalue weighted by molar-refractivity contribution is 5.94. The maximum Gasteiger partial charge on any atom is 0.251 e. The van der Waals surface area contributed by atoms with Gasteiger partial charge in [-0.15, -0.1) is 0 Å². The van der Waals surface area contributed by atoms with E-state index < -0.39 is 0 Å². The third-order valence-electron chi connectivity index (χ3n) is 5.39. The Balaban J connectivity index is 1.41. The molecule has 0 spiro atoms. The summed E-state index contributed by atoms with van der Waals surface area (Å²) in [7, 11) is 0. The molecule has 0 bridgehead atoms. The van der Waals surface area contributed by atoms with Crippen molar-refractivity contribution in [3.05, 3.63) is 70.8 Å². The number of hydrogen-bond acceptors (Lipinski definition) is 2. The normalized spacial score (nSPS) is 16.0. The molecule has 4 heteroatoms. The van der Waals surface area contributed by atoms with E-state index in [0.717, 1.165) is 42.4 Å². The van der Waals surface area contributed by atoms with Crippen LogP contribution in [0.15, 0.2) is 48.5 Å². The molecule has 2 saturated carbocycles. The van der Waals surface area contributed by atoms with Crippen molar-refractivity contribution >= 4 is 11.8 Å². The van der Waals surface area contributed by atoms with E-state index in [-0.39, 0.29) is 11.8 Å². The molecule has 2 aromatic rings. The summed E-state index contributed by atoms with van der Waals surface area (Å²) >= 11 is 0. The van der Waals surface area contributed by atoms with Crippen molar-refractivity contribution in [2.24, 2.45) is 0 Å². The highest BCUT2D eigenvalue weighted by Gasteiger charge is 2.32. The highest BCUT2D eigenvalue weighted by Crippen LogP contribution is 2.29. The Labute approximate surface area is 160 Å². The Kier molecular flexibility index (Phi) is 4.97. The quantitative estimate of drug-likeness (QED) is 0.818. The van der Waals surface area contributed by atoms with Crippen LogP contribution in [0, 0.1) is 6.92 Å². The fourth-order valence-corrected chi connectivity index (χ4v) is 3.33. The molecule has 0 saturated heterocycles. The van der Waals surface area contributed by atoms with Gasteiger partial charge in [-0.3, -0.25) is 9.59 Å². The largest absolute Gasteiger partial charge is 0.349 e. The summed E-state index contributed by atoms with van der Waals surface area (Å²) in [6, 6.07) is 16.5.